The van der Waals surface area contributed by atoms with Crippen molar-refractivity contribution in [2.45, 2.75) is 45.4 Å². The second-order valence-electron chi connectivity index (χ2n) is 4.40. The molecule has 0 bridgehead atoms. The summed E-state index contributed by atoms with van der Waals surface area (Å²) in [6, 6.07) is 0. The van der Waals surface area contributed by atoms with Crippen LogP contribution in [-0.2, 0) is 0 Å². The SMILES string of the molecule is CCCCCCCCSn1cnc2cncnc21. The molecule has 2 heterocycles. The van der Waals surface area contributed by atoms with Crippen LogP contribution in [0.5, 0.6) is 0 Å². The Labute approximate surface area is 112 Å². The highest BCUT2D eigenvalue weighted by atomic mass is 32.2. The summed E-state index contributed by atoms with van der Waals surface area (Å²) in [7, 11) is 0. The number of aromatic nitrogens is 4. The summed E-state index contributed by atoms with van der Waals surface area (Å²) < 4.78 is 2.04. The van der Waals surface area contributed by atoms with E-state index in [-0.39, 0.29) is 0 Å². The molecule has 0 aliphatic rings. The van der Waals surface area contributed by atoms with Crippen molar-refractivity contribution in [1.82, 2.24) is 18.9 Å². The summed E-state index contributed by atoms with van der Waals surface area (Å²) in [5, 5.41) is 0. The minimum atomic E-state index is 0.868. The Hall–Kier alpha value is -1.10. The van der Waals surface area contributed by atoms with Gasteiger partial charge in [-0.3, -0.25) is 3.97 Å². The zero-order valence-corrected chi connectivity index (χ0v) is 11.7. The van der Waals surface area contributed by atoms with E-state index in [0.717, 1.165) is 16.9 Å². The van der Waals surface area contributed by atoms with Crippen LogP contribution in [0.25, 0.3) is 11.2 Å². The van der Waals surface area contributed by atoms with Crippen molar-refractivity contribution in [3.63, 3.8) is 0 Å². The van der Waals surface area contributed by atoms with Crippen molar-refractivity contribution in [3.05, 3.63) is 18.9 Å². The van der Waals surface area contributed by atoms with Gasteiger partial charge in [0.05, 0.1) is 6.20 Å². The van der Waals surface area contributed by atoms with Crippen molar-refractivity contribution in [3.8, 4) is 0 Å². The summed E-state index contributed by atoms with van der Waals surface area (Å²) in [4.78, 5) is 12.5. The molecule has 0 saturated carbocycles. The van der Waals surface area contributed by atoms with Gasteiger partial charge in [-0.05, 0) is 18.4 Å². The number of unbranched alkanes of at least 4 members (excludes halogenated alkanes) is 5. The molecule has 0 atom stereocenters. The van der Waals surface area contributed by atoms with Crippen LogP contribution in [0.15, 0.2) is 18.9 Å². The maximum Gasteiger partial charge on any atom is 0.173 e. The number of hydrogen-bond acceptors (Lipinski definition) is 4. The molecule has 0 N–H and O–H groups in total. The first-order valence-corrected chi connectivity index (χ1v) is 7.62. The van der Waals surface area contributed by atoms with Crippen molar-refractivity contribution < 1.29 is 0 Å². The number of nitrogens with zero attached hydrogens (tertiary/aromatic N) is 4. The molecule has 0 aromatic carbocycles. The predicted molar refractivity (Wildman–Crippen MR) is 76.6 cm³/mol. The standard InChI is InChI=1S/C13H20N4S/c1-2-3-4-5-6-7-8-18-17-11-16-12-9-14-10-15-13(12)17/h9-11H,2-8H2,1H3. The number of imidazole rings is 1. The van der Waals surface area contributed by atoms with Gasteiger partial charge >= 0.3 is 0 Å². The highest BCUT2D eigenvalue weighted by molar-refractivity contribution is 7.97. The molecule has 2 aromatic heterocycles. The zero-order valence-electron chi connectivity index (χ0n) is 10.9. The maximum absolute atomic E-state index is 4.28. The van der Waals surface area contributed by atoms with Crippen LogP contribution in [-0.4, -0.2) is 24.7 Å². The molecule has 0 aliphatic heterocycles. The number of hydrogen-bond donors (Lipinski definition) is 0. The third-order valence-corrected chi connectivity index (χ3v) is 3.93. The Morgan fingerprint density at radius 1 is 1.11 bits per heavy atom. The zero-order chi connectivity index (χ0) is 12.6. The van der Waals surface area contributed by atoms with Crippen molar-refractivity contribution in [2.24, 2.45) is 0 Å². The van der Waals surface area contributed by atoms with Crippen LogP contribution in [0.3, 0.4) is 0 Å². The normalized spacial score (nSPS) is 11.2. The quantitative estimate of drug-likeness (QED) is 0.682. The summed E-state index contributed by atoms with van der Waals surface area (Å²) in [5.41, 5.74) is 1.79. The van der Waals surface area contributed by atoms with Crippen molar-refractivity contribution >= 4 is 23.1 Å². The smallest absolute Gasteiger partial charge is 0.173 e. The van der Waals surface area contributed by atoms with Crippen LogP contribution in [0.1, 0.15) is 45.4 Å². The first kappa shape index (κ1) is 13.3. The summed E-state index contributed by atoms with van der Waals surface area (Å²) in [6.07, 6.45) is 13.2. The first-order valence-electron chi connectivity index (χ1n) is 6.68. The van der Waals surface area contributed by atoms with Gasteiger partial charge < -0.3 is 0 Å². The Bertz CT molecular complexity index is 469. The van der Waals surface area contributed by atoms with Gasteiger partial charge in [0.25, 0.3) is 0 Å². The fourth-order valence-electron chi connectivity index (χ4n) is 1.89. The minimum absolute atomic E-state index is 0.868. The molecule has 0 radical (unpaired) electrons. The van der Waals surface area contributed by atoms with E-state index in [9.17, 15) is 0 Å². The van der Waals surface area contributed by atoms with E-state index >= 15 is 0 Å². The van der Waals surface area contributed by atoms with E-state index in [2.05, 4.69) is 21.9 Å². The van der Waals surface area contributed by atoms with Gasteiger partial charge in [0, 0.05) is 5.75 Å². The third-order valence-electron chi connectivity index (χ3n) is 2.91. The maximum atomic E-state index is 4.28. The van der Waals surface area contributed by atoms with Gasteiger partial charge in [0.2, 0.25) is 0 Å². The van der Waals surface area contributed by atoms with Crippen LogP contribution in [0, 0.1) is 0 Å². The third kappa shape index (κ3) is 3.70. The monoisotopic (exact) mass is 264 g/mol. The molecule has 0 unspecified atom stereocenters. The van der Waals surface area contributed by atoms with E-state index in [1.807, 2.05) is 10.3 Å². The number of rotatable bonds is 8. The number of fused-ring (bicyclic) bond motifs is 1. The van der Waals surface area contributed by atoms with Gasteiger partial charge in [-0.2, -0.15) is 0 Å². The fraction of sp³-hybridized carbons (Fsp3) is 0.615. The lowest BCUT2D eigenvalue weighted by molar-refractivity contribution is 0.627. The molecular weight excluding hydrogens is 244 g/mol. The molecule has 5 heteroatoms. The second kappa shape index (κ2) is 7.36. The van der Waals surface area contributed by atoms with E-state index in [1.165, 1.54) is 38.5 Å². The highest BCUT2D eigenvalue weighted by Crippen LogP contribution is 2.17. The van der Waals surface area contributed by atoms with Crippen LogP contribution < -0.4 is 0 Å². The molecule has 0 amide bonds. The highest BCUT2D eigenvalue weighted by Gasteiger charge is 2.03. The molecular formula is C13H20N4S. The molecule has 18 heavy (non-hydrogen) atoms. The average Bonchev–Trinajstić information content (AvgIpc) is 2.81. The van der Waals surface area contributed by atoms with E-state index < -0.39 is 0 Å². The first-order chi connectivity index (χ1) is 8.92. The molecule has 0 fully saturated rings. The molecule has 2 aromatic rings. The second-order valence-corrected chi connectivity index (χ2v) is 5.46. The van der Waals surface area contributed by atoms with E-state index in [4.69, 9.17) is 0 Å². The van der Waals surface area contributed by atoms with Crippen LogP contribution >= 0.6 is 11.9 Å². The lowest BCUT2D eigenvalue weighted by atomic mass is 10.1. The Morgan fingerprint density at radius 3 is 2.83 bits per heavy atom. The topological polar surface area (TPSA) is 43.6 Å². The Balaban J connectivity index is 1.70. The van der Waals surface area contributed by atoms with Gasteiger partial charge in [-0.15, -0.1) is 0 Å². The van der Waals surface area contributed by atoms with Gasteiger partial charge in [-0.1, -0.05) is 39.0 Å². The van der Waals surface area contributed by atoms with Crippen LogP contribution in [0.4, 0.5) is 0 Å². The fourth-order valence-corrected chi connectivity index (χ4v) is 2.79. The largest absolute Gasteiger partial charge is 0.256 e. The molecule has 0 saturated heterocycles. The lowest BCUT2D eigenvalue weighted by Crippen LogP contribution is -1.90. The van der Waals surface area contributed by atoms with Crippen LogP contribution in [0.2, 0.25) is 0 Å². The van der Waals surface area contributed by atoms with E-state index in [0.29, 0.717) is 0 Å². The van der Waals surface area contributed by atoms with E-state index in [1.54, 1.807) is 24.5 Å². The lowest BCUT2D eigenvalue weighted by Gasteiger charge is -2.02. The summed E-state index contributed by atoms with van der Waals surface area (Å²) in [5.74, 6) is 1.13. The predicted octanol–water partition coefficient (Wildman–Crippen LogP) is 3.68. The van der Waals surface area contributed by atoms with Crippen molar-refractivity contribution in [2.75, 3.05) is 5.75 Å². The van der Waals surface area contributed by atoms with Crippen molar-refractivity contribution in [1.29, 1.82) is 0 Å². The van der Waals surface area contributed by atoms with Gasteiger partial charge in [0.15, 0.2) is 5.65 Å². The Morgan fingerprint density at radius 2 is 1.94 bits per heavy atom. The van der Waals surface area contributed by atoms with Gasteiger partial charge in [0.1, 0.15) is 18.2 Å². The molecule has 98 valence electrons. The van der Waals surface area contributed by atoms with Gasteiger partial charge in [-0.25, -0.2) is 15.0 Å². The molecule has 0 aliphatic carbocycles. The average molecular weight is 264 g/mol. The minimum Gasteiger partial charge on any atom is -0.256 e. The Kier molecular flexibility index (Phi) is 5.45. The molecule has 2 rings (SSSR count). The summed E-state index contributed by atoms with van der Waals surface area (Å²) in [6.45, 7) is 2.25. The molecule has 4 nitrogen and oxygen atoms in total. The summed E-state index contributed by atoms with van der Waals surface area (Å²) >= 11 is 1.78. The molecule has 0 spiro atoms.